The Bertz CT molecular complexity index is 973. The highest BCUT2D eigenvalue weighted by molar-refractivity contribution is 8.00. The van der Waals surface area contributed by atoms with Gasteiger partial charge in [0.05, 0.1) is 4.92 Å². The number of rotatable bonds is 7. The summed E-state index contributed by atoms with van der Waals surface area (Å²) in [5, 5.41) is 26.0. The van der Waals surface area contributed by atoms with Gasteiger partial charge >= 0.3 is 17.6 Å². The standard InChI is InChI=1S/C16H17N5O8S/c1-7(19-4-10(3-17-19)21(27)28)13(23)18-11-14(24)20-12(16(25)26)9(5-29-8(2)22)6-30-15(11)20/h3-4,7,11,15H,5-6H2,1-2H3,(H,18,23)(H,25,26)/t7-,11+,15-/m1/s1. The van der Waals surface area contributed by atoms with Crippen LogP contribution >= 0.6 is 11.8 Å². The van der Waals surface area contributed by atoms with Gasteiger partial charge in [-0.05, 0) is 6.92 Å². The highest BCUT2D eigenvalue weighted by Gasteiger charge is 2.54. The normalized spacial score (nSPS) is 21.4. The molecule has 0 spiro atoms. The number of nitro groups is 1. The zero-order valence-corrected chi connectivity index (χ0v) is 16.6. The summed E-state index contributed by atoms with van der Waals surface area (Å²) in [6, 6.07) is -1.89. The van der Waals surface area contributed by atoms with Crippen LogP contribution in [0.1, 0.15) is 19.9 Å². The average molecular weight is 439 g/mol. The van der Waals surface area contributed by atoms with Crippen LogP contribution in [0.5, 0.6) is 0 Å². The first-order chi connectivity index (χ1) is 14.1. The van der Waals surface area contributed by atoms with Gasteiger partial charge in [-0.15, -0.1) is 11.8 Å². The molecule has 0 bridgehead atoms. The van der Waals surface area contributed by atoms with Gasteiger partial charge in [-0.25, -0.2) is 4.79 Å². The average Bonchev–Trinajstić information content (AvgIpc) is 3.19. The summed E-state index contributed by atoms with van der Waals surface area (Å²) >= 11 is 1.23. The molecule has 3 heterocycles. The summed E-state index contributed by atoms with van der Waals surface area (Å²) in [7, 11) is 0. The van der Waals surface area contributed by atoms with Crippen molar-refractivity contribution in [3.05, 3.63) is 33.8 Å². The first-order valence-electron chi connectivity index (χ1n) is 8.64. The van der Waals surface area contributed by atoms with Crippen LogP contribution in [0.2, 0.25) is 0 Å². The third kappa shape index (κ3) is 3.85. The number of fused-ring (bicyclic) bond motifs is 1. The minimum absolute atomic E-state index is 0.205. The second-order valence-electron chi connectivity index (χ2n) is 6.55. The summed E-state index contributed by atoms with van der Waals surface area (Å²) < 4.78 is 5.96. The lowest BCUT2D eigenvalue weighted by Gasteiger charge is -2.49. The zero-order valence-electron chi connectivity index (χ0n) is 15.8. The van der Waals surface area contributed by atoms with E-state index in [1.165, 1.54) is 25.6 Å². The van der Waals surface area contributed by atoms with Gasteiger partial charge in [0.25, 0.3) is 5.91 Å². The van der Waals surface area contributed by atoms with Crippen molar-refractivity contribution in [1.82, 2.24) is 20.0 Å². The summed E-state index contributed by atoms with van der Waals surface area (Å²) in [6.07, 6.45) is 2.10. The van der Waals surface area contributed by atoms with Crippen molar-refractivity contribution in [1.29, 1.82) is 0 Å². The molecule has 1 aromatic rings. The molecule has 30 heavy (non-hydrogen) atoms. The Morgan fingerprint density at radius 3 is 2.77 bits per heavy atom. The van der Waals surface area contributed by atoms with E-state index in [9.17, 15) is 34.4 Å². The zero-order chi connectivity index (χ0) is 22.2. The molecule has 1 aromatic heterocycles. The molecule has 13 nitrogen and oxygen atoms in total. The van der Waals surface area contributed by atoms with E-state index >= 15 is 0 Å². The molecule has 0 aliphatic carbocycles. The van der Waals surface area contributed by atoms with Crippen LogP contribution in [0.25, 0.3) is 0 Å². The molecule has 3 atom stereocenters. The first kappa shape index (κ1) is 21.3. The Morgan fingerprint density at radius 2 is 2.20 bits per heavy atom. The first-order valence-corrected chi connectivity index (χ1v) is 9.69. The van der Waals surface area contributed by atoms with Gasteiger partial charge in [0.2, 0.25) is 5.91 Å². The Labute approximate surface area is 173 Å². The maximum Gasteiger partial charge on any atom is 0.352 e. The molecule has 0 saturated carbocycles. The molecule has 0 unspecified atom stereocenters. The van der Waals surface area contributed by atoms with Gasteiger partial charge in [-0.2, -0.15) is 5.10 Å². The lowest BCUT2D eigenvalue weighted by atomic mass is 10.0. The number of hydrogen-bond donors (Lipinski definition) is 2. The minimum atomic E-state index is -1.34. The fourth-order valence-corrected chi connectivity index (χ4v) is 4.34. The molecule has 1 fully saturated rings. The number of hydrogen-bond acceptors (Lipinski definition) is 9. The number of nitrogens with one attached hydrogen (secondary N) is 1. The molecule has 0 aromatic carbocycles. The number of nitrogens with zero attached hydrogens (tertiary/aromatic N) is 4. The second kappa shape index (κ2) is 8.14. The molecular formula is C16H17N5O8S. The fourth-order valence-electron chi connectivity index (χ4n) is 3.01. The van der Waals surface area contributed by atoms with E-state index in [-0.39, 0.29) is 29.3 Å². The van der Waals surface area contributed by atoms with Gasteiger partial charge in [-0.3, -0.25) is 34.1 Å². The number of carbonyl (C=O) groups excluding carboxylic acids is 3. The highest BCUT2D eigenvalue weighted by Crippen LogP contribution is 2.40. The lowest BCUT2D eigenvalue weighted by Crippen LogP contribution is -2.71. The monoisotopic (exact) mass is 439 g/mol. The quantitative estimate of drug-likeness (QED) is 0.247. The maximum atomic E-state index is 12.6. The third-order valence-corrected chi connectivity index (χ3v) is 5.91. The summed E-state index contributed by atoms with van der Waals surface area (Å²) in [5.41, 5.74) is -0.250. The number of esters is 1. The van der Waals surface area contributed by atoms with Crippen molar-refractivity contribution >= 4 is 41.2 Å². The largest absolute Gasteiger partial charge is 0.477 e. The van der Waals surface area contributed by atoms with Crippen molar-refractivity contribution in [3.8, 4) is 0 Å². The van der Waals surface area contributed by atoms with E-state index in [2.05, 4.69) is 10.4 Å². The number of carboxylic acid groups (broad SMARTS) is 1. The number of ether oxygens (including phenoxy) is 1. The van der Waals surface area contributed by atoms with Crippen molar-refractivity contribution in [3.63, 3.8) is 0 Å². The third-order valence-electron chi connectivity index (χ3n) is 4.57. The van der Waals surface area contributed by atoms with Crippen LogP contribution in [-0.4, -0.2) is 72.2 Å². The van der Waals surface area contributed by atoms with Gasteiger partial charge in [0, 0.05) is 18.2 Å². The Morgan fingerprint density at radius 1 is 1.50 bits per heavy atom. The maximum absolute atomic E-state index is 12.6. The van der Waals surface area contributed by atoms with Crippen molar-refractivity contribution in [2.45, 2.75) is 31.3 Å². The van der Waals surface area contributed by atoms with Crippen LogP contribution in [0, 0.1) is 10.1 Å². The molecular weight excluding hydrogens is 422 g/mol. The molecule has 3 rings (SSSR count). The molecule has 2 aliphatic rings. The number of carboxylic acids is 1. The van der Waals surface area contributed by atoms with Gasteiger partial charge in [0.15, 0.2) is 0 Å². The van der Waals surface area contributed by atoms with E-state index < -0.39 is 46.1 Å². The highest BCUT2D eigenvalue weighted by atomic mass is 32.2. The smallest absolute Gasteiger partial charge is 0.352 e. The van der Waals surface area contributed by atoms with Crippen LogP contribution < -0.4 is 5.32 Å². The lowest BCUT2D eigenvalue weighted by molar-refractivity contribution is -0.385. The number of β-lactam (4-membered cyclic amide) rings is 1. The van der Waals surface area contributed by atoms with E-state index in [0.717, 1.165) is 22.0 Å². The van der Waals surface area contributed by atoms with Crippen molar-refractivity contribution in [2.24, 2.45) is 0 Å². The Balaban J connectivity index is 1.71. The van der Waals surface area contributed by atoms with E-state index in [0.29, 0.717) is 0 Å². The summed E-state index contributed by atoms with van der Waals surface area (Å²) in [5.74, 6) is -2.92. The van der Waals surface area contributed by atoms with E-state index in [1.54, 1.807) is 0 Å². The molecule has 2 N–H and O–H groups in total. The van der Waals surface area contributed by atoms with Gasteiger partial charge in [-0.1, -0.05) is 0 Å². The number of carbonyl (C=O) groups is 4. The number of aliphatic carboxylic acids is 1. The van der Waals surface area contributed by atoms with Crippen LogP contribution in [0.15, 0.2) is 23.7 Å². The van der Waals surface area contributed by atoms with E-state index in [4.69, 9.17) is 4.74 Å². The van der Waals surface area contributed by atoms with Crippen molar-refractivity contribution < 1.29 is 33.9 Å². The molecule has 0 radical (unpaired) electrons. The fraction of sp³-hybridized carbons (Fsp3) is 0.438. The summed E-state index contributed by atoms with van der Waals surface area (Å²) in [6.45, 7) is 2.41. The number of thioether (sulfide) groups is 1. The molecule has 14 heteroatoms. The number of amides is 2. The molecule has 160 valence electrons. The Kier molecular flexibility index (Phi) is 5.78. The minimum Gasteiger partial charge on any atom is -0.477 e. The second-order valence-corrected chi connectivity index (χ2v) is 7.65. The van der Waals surface area contributed by atoms with E-state index in [1.807, 2.05) is 0 Å². The van der Waals surface area contributed by atoms with Crippen molar-refractivity contribution in [2.75, 3.05) is 12.4 Å². The van der Waals surface area contributed by atoms with Crippen LogP contribution in [0.3, 0.4) is 0 Å². The molecule has 2 aliphatic heterocycles. The number of aromatic nitrogens is 2. The van der Waals surface area contributed by atoms with Gasteiger partial charge in [0.1, 0.15) is 42.2 Å². The van der Waals surface area contributed by atoms with Crippen LogP contribution in [0.4, 0.5) is 5.69 Å². The Hall–Kier alpha value is -3.42. The summed E-state index contributed by atoms with van der Waals surface area (Å²) in [4.78, 5) is 58.9. The molecule has 1 saturated heterocycles. The predicted molar refractivity (Wildman–Crippen MR) is 99.9 cm³/mol. The predicted octanol–water partition coefficient (Wildman–Crippen LogP) is -0.346. The SMILES string of the molecule is CC(=O)OCC1=C(C(=O)O)N2C(=O)[C@H](NC(=O)[C@@H](C)n3cc([N+](=O)[O-])cn3)[C@H]2SC1. The van der Waals surface area contributed by atoms with Gasteiger partial charge < -0.3 is 15.2 Å². The topological polar surface area (TPSA) is 174 Å². The molecule has 2 amide bonds. The van der Waals surface area contributed by atoms with Crippen LogP contribution in [-0.2, 0) is 23.9 Å².